The third-order valence-electron chi connectivity index (χ3n) is 7.41. The lowest BCUT2D eigenvalue weighted by Crippen LogP contribution is -2.49. The monoisotopic (exact) mass is 412 g/mol. The molecule has 2 aliphatic carbocycles. The summed E-state index contributed by atoms with van der Waals surface area (Å²) in [4.78, 5) is 30.6. The first-order valence-electron chi connectivity index (χ1n) is 10.8. The molecule has 1 aromatic rings. The van der Waals surface area contributed by atoms with Crippen molar-refractivity contribution in [2.24, 2.45) is 21.7 Å². The summed E-state index contributed by atoms with van der Waals surface area (Å²) in [7, 11) is 0. The van der Waals surface area contributed by atoms with Gasteiger partial charge in [-0.15, -0.1) is 0 Å². The average Bonchev–Trinajstić information content (AvgIpc) is 2.97. The zero-order valence-corrected chi connectivity index (χ0v) is 18.7. The van der Waals surface area contributed by atoms with Crippen LogP contribution in [0.25, 0.3) is 0 Å². The fraction of sp³-hybridized carbons (Fsp3) is 0.625. The maximum absolute atomic E-state index is 13.1. The van der Waals surface area contributed by atoms with Gasteiger partial charge in [-0.25, -0.2) is 9.59 Å². The average molecular weight is 413 g/mol. The number of esters is 1. The fourth-order valence-electron chi connectivity index (χ4n) is 5.43. The molecule has 30 heavy (non-hydrogen) atoms. The highest BCUT2D eigenvalue weighted by atomic mass is 16.6. The molecule has 162 valence electrons. The zero-order chi connectivity index (χ0) is 21.9. The number of benzene rings is 1. The largest absolute Gasteiger partial charge is 0.454 e. The van der Waals surface area contributed by atoms with Crippen molar-refractivity contribution >= 4 is 17.8 Å². The number of fused-ring (bicyclic) bond motifs is 5. The van der Waals surface area contributed by atoms with E-state index in [-0.39, 0.29) is 22.9 Å². The molecule has 2 fully saturated rings. The van der Waals surface area contributed by atoms with E-state index in [9.17, 15) is 9.59 Å². The van der Waals surface area contributed by atoms with E-state index in [4.69, 9.17) is 14.5 Å². The fourth-order valence-corrected chi connectivity index (χ4v) is 5.43. The van der Waals surface area contributed by atoms with Crippen LogP contribution in [-0.4, -0.2) is 35.5 Å². The highest BCUT2D eigenvalue weighted by Crippen LogP contribution is 2.65. The van der Waals surface area contributed by atoms with Crippen LogP contribution >= 0.6 is 0 Å². The van der Waals surface area contributed by atoms with Crippen molar-refractivity contribution < 1.29 is 19.1 Å². The van der Waals surface area contributed by atoms with Gasteiger partial charge in [0.15, 0.2) is 6.04 Å². The van der Waals surface area contributed by atoms with Gasteiger partial charge in [-0.3, -0.25) is 4.99 Å². The number of nitrogens with zero attached hydrogens (tertiary/aromatic N) is 1. The maximum atomic E-state index is 13.1. The number of carbonyl (C=O) groups is 2. The van der Waals surface area contributed by atoms with E-state index >= 15 is 0 Å². The Kier molecular flexibility index (Phi) is 4.75. The van der Waals surface area contributed by atoms with Gasteiger partial charge in [-0.05, 0) is 44.6 Å². The molecule has 0 radical (unpaired) electrons. The second kappa shape index (κ2) is 6.82. The van der Waals surface area contributed by atoms with Gasteiger partial charge >= 0.3 is 12.1 Å². The number of hydrogen-bond donors (Lipinski definition) is 1. The first-order valence-corrected chi connectivity index (χ1v) is 10.8. The number of alkyl carbamates (subject to hydrolysis) is 1. The van der Waals surface area contributed by atoms with Crippen LogP contribution in [0.2, 0.25) is 0 Å². The molecule has 6 nitrogen and oxygen atoms in total. The van der Waals surface area contributed by atoms with Gasteiger partial charge in [0.05, 0.1) is 11.8 Å². The van der Waals surface area contributed by atoms with Gasteiger partial charge in [0, 0.05) is 11.3 Å². The molecule has 2 bridgehead atoms. The van der Waals surface area contributed by atoms with Crippen molar-refractivity contribution in [1.82, 2.24) is 5.32 Å². The highest BCUT2D eigenvalue weighted by molar-refractivity contribution is 6.03. The summed E-state index contributed by atoms with van der Waals surface area (Å²) in [5.41, 5.74) is 1.04. The highest BCUT2D eigenvalue weighted by Gasteiger charge is 2.67. The predicted octanol–water partition coefficient (Wildman–Crippen LogP) is 4.44. The lowest BCUT2D eigenvalue weighted by atomic mass is 9.70. The molecule has 2 saturated carbocycles. The van der Waals surface area contributed by atoms with E-state index in [1.165, 1.54) is 0 Å². The molecule has 0 spiro atoms. The number of amides is 1. The van der Waals surface area contributed by atoms with Crippen LogP contribution < -0.4 is 5.32 Å². The molecule has 1 aromatic carbocycles. The van der Waals surface area contributed by atoms with Gasteiger partial charge in [0.1, 0.15) is 11.7 Å². The zero-order valence-electron chi connectivity index (χ0n) is 18.7. The minimum absolute atomic E-state index is 0.0203. The van der Waals surface area contributed by atoms with Gasteiger partial charge < -0.3 is 14.8 Å². The van der Waals surface area contributed by atoms with Crippen LogP contribution in [0.1, 0.15) is 66.0 Å². The van der Waals surface area contributed by atoms with Gasteiger partial charge in [-0.1, -0.05) is 51.1 Å². The lowest BCUT2D eigenvalue weighted by Gasteiger charge is -2.37. The second-order valence-corrected chi connectivity index (χ2v) is 10.6. The summed E-state index contributed by atoms with van der Waals surface area (Å²) < 4.78 is 11.4. The molecular formula is C24H32N2O4. The topological polar surface area (TPSA) is 77.0 Å². The molecule has 0 aromatic heterocycles. The number of aliphatic imine (C=N–C) groups is 1. The van der Waals surface area contributed by atoms with Gasteiger partial charge in [0.25, 0.3) is 0 Å². The number of hydrogen-bond acceptors (Lipinski definition) is 5. The molecule has 4 rings (SSSR count). The van der Waals surface area contributed by atoms with Crippen LogP contribution in [-0.2, 0) is 14.3 Å². The van der Waals surface area contributed by atoms with Crippen molar-refractivity contribution in [3.05, 3.63) is 35.9 Å². The number of carbonyl (C=O) groups excluding carboxylic acids is 2. The first kappa shape index (κ1) is 20.9. The Morgan fingerprint density at radius 3 is 2.53 bits per heavy atom. The Bertz CT molecular complexity index is 886. The molecule has 3 aliphatic rings. The summed E-state index contributed by atoms with van der Waals surface area (Å²) in [6.07, 6.45) is 1.26. The van der Waals surface area contributed by atoms with Crippen molar-refractivity contribution in [2.45, 2.75) is 78.2 Å². The number of rotatable bonds is 3. The Morgan fingerprint density at radius 1 is 1.23 bits per heavy atom. The molecule has 0 saturated heterocycles. The smallest absolute Gasteiger partial charge is 0.408 e. The molecule has 5 atom stereocenters. The lowest BCUT2D eigenvalue weighted by molar-refractivity contribution is -0.152. The Hall–Kier alpha value is -2.37. The van der Waals surface area contributed by atoms with Crippen molar-refractivity contribution in [2.75, 3.05) is 0 Å². The van der Waals surface area contributed by atoms with E-state index in [1.54, 1.807) is 0 Å². The number of nitrogens with one attached hydrogen (secondary N) is 1. The summed E-state index contributed by atoms with van der Waals surface area (Å²) >= 11 is 0. The van der Waals surface area contributed by atoms with E-state index < -0.39 is 23.8 Å². The van der Waals surface area contributed by atoms with Crippen LogP contribution in [0.3, 0.4) is 0 Å². The van der Waals surface area contributed by atoms with Crippen LogP contribution in [0.4, 0.5) is 4.79 Å². The van der Waals surface area contributed by atoms with E-state index in [0.29, 0.717) is 5.92 Å². The van der Waals surface area contributed by atoms with Crippen LogP contribution in [0.5, 0.6) is 0 Å². The van der Waals surface area contributed by atoms with E-state index in [0.717, 1.165) is 24.1 Å². The predicted molar refractivity (Wildman–Crippen MR) is 114 cm³/mol. The number of ether oxygens (including phenoxy) is 2. The van der Waals surface area contributed by atoms with E-state index in [2.05, 4.69) is 26.1 Å². The molecular weight excluding hydrogens is 380 g/mol. The van der Waals surface area contributed by atoms with Gasteiger partial charge in [0.2, 0.25) is 0 Å². The van der Waals surface area contributed by atoms with Crippen LogP contribution in [0, 0.1) is 16.7 Å². The standard InChI is InChI=1S/C24H32N2O4/c1-22(2,3)30-21(28)26-16(14-10-8-7-9-11-14)17-20(27)29-18-15-12-13-24(6,19(18)25-17)23(15,4)5/h7-11,15-18H,12-13H2,1-6H3,(H,26,28)/t15-,16-,17+,18?,24+/m1/s1. The Balaban J connectivity index is 1.71. The second-order valence-electron chi connectivity index (χ2n) is 10.6. The summed E-state index contributed by atoms with van der Waals surface area (Å²) in [6.45, 7) is 12.2. The molecule has 1 amide bonds. The minimum atomic E-state index is -0.835. The molecule has 1 N–H and O–H groups in total. The van der Waals surface area contributed by atoms with E-state index in [1.807, 2.05) is 51.1 Å². The third kappa shape index (κ3) is 3.21. The minimum Gasteiger partial charge on any atom is -0.454 e. The molecule has 1 heterocycles. The normalized spacial score (nSPS) is 32.7. The van der Waals surface area contributed by atoms with Crippen molar-refractivity contribution in [3.8, 4) is 0 Å². The SMILES string of the molecule is CC(C)(C)OC(=O)N[C@H](c1ccccc1)[C@@H]1N=C2C(OC1=O)[C@H]1CC[C@]2(C)C1(C)C. The van der Waals surface area contributed by atoms with Gasteiger partial charge in [-0.2, -0.15) is 0 Å². The van der Waals surface area contributed by atoms with Crippen molar-refractivity contribution in [3.63, 3.8) is 0 Å². The third-order valence-corrected chi connectivity index (χ3v) is 7.41. The summed E-state index contributed by atoms with van der Waals surface area (Å²) in [5, 5.41) is 2.88. The first-order chi connectivity index (χ1) is 13.9. The molecule has 1 aliphatic heterocycles. The van der Waals surface area contributed by atoms with Crippen molar-refractivity contribution in [1.29, 1.82) is 0 Å². The summed E-state index contributed by atoms with van der Waals surface area (Å²) in [5.74, 6) is -0.0965. The maximum Gasteiger partial charge on any atom is 0.408 e. The Morgan fingerprint density at radius 2 is 1.90 bits per heavy atom. The summed E-state index contributed by atoms with van der Waals surface area (Å²) in [6, 6.07) is 7.93. The molecule has 6 heteroatoms. The van der Waals surface area contributed by atoms with Crippen LogP contribution in [0.15, 0.2) is 35.3 Å². The Labute approximate surface area is 178 Å². The quantitative estimate of drug-likeness (QED) is 0.745. The molecule has 1 unspecified atom stereocenters.